The molecule has 5 nitrogen and oxygen atoms in total. The summed E-state index contributed by atoms with van der Waals surface area (Å²) in [6.07, 6.45) is 0. The van der Waals surface area contributed by atoms with E-state index in [9.17, 15) is 0 Å². The molecule has 1 saturated heterocycles. The summed E-state index contributed by atoms with van der Waals surface area (Å²) in [5.41, 5.74) is 6.27. The Hall–Kier alpha value is -0.650. The highest BCUT2D eigenvalue weighted by Crippen LogP contribution is 2.16. The van der Waals surface area contributed by atoms with Crippen LogP contribution in [0.5, 0.6) is 0 Å². The molecular formula is C11H22N2O3. The molecule has 1 atom stereocenters. The van der Waals surface area contributed by atoms with E-state index in [1.165, 1.54) is 0 Å². The van der Waals surface area contributed by atoms with Gasteiger partial charge in [-0.3, -0.25) is 0 Å². The number of hydrogen-bond donors (Lipinski definition) is 1. The lowest BCUT2D eigenvalue weighted by atomic mass is 10.2. The normalized spacial score (nSPS) is 28.9. The first kappa shape index (κ1) is 13.4. The highest BCUT2D eigenvalue weighted by atomic mass is 16.7. The summed E-state index contributed by atoms with van der Waals surface area (Å²) in [5.74, 6) is -0.614. The van der Waals surface area contributed by atoms with E-state index < -0.39 is 5.79 Å². The van der Waals surface area contributed by atoms with E-state index >= 15 is 0 Å². The Morgan fingerprint density at radius 1 is 1.38 bits per heavy atom. The molecule has 0 radical (unpaired) electrons. The molecule has 0 aliphatic carbocycles. The van der Waals surface area contributed by atoms with Crippen LogP contribution in [-0.2, 0) is 14.3 Å². The number of nitrogens with zero attached hydrogens (tertiary/aromatic N) is 1. The SMILES string of the molecule is CC(C)(C)ON=C1COC(C)(C)OCC1N. The van der Waals surface area contributed by atoms with Crippen LogP contribution in [0.25, 0.3) is 0 Å². The molecule has 1 aliphatic rings. The van der Waals surface area contributed by atoms with Gasteiger partial charge in [0.25, 0.3) is 0 Å². The van der Waals surface area contributed by atoms with Crippen molar-refractivity contribution >= 4 is 5.71 Å². The van der Waals surface area contributed by atoms with Gasteiger partial charge in [0.1, 0.15) is 11.3 Å². The number of oxime groups is 1. The molecule has 1 heterocycles. The van der Waals surface area contributed by atoms with Crippen molar-refractivity contribution in [2.75, 3.05) is 13.2 Å². The third-order valence-corrected chi connectivity index (χ3v) is 2.04. The zero-order valence-corrected chi connectivity index (χ0v) is 10.7. The summed E-state index contributed by atoms with van der Waals surface area (Å²) < 4.78 is 11.0. The standard InChI is InChI=1S/C11H22N2O3/c1-10(2,3)16-13-9-7-15-11(4,5)14-6-8(9)12/h8H,6-7,12H2,1-5H3. The van der Waals surface area contributed by atoms with E-state index in [1.807, 2.05) is 34.6 Å². The van der Waals surface area contributed by atoms with Gasteiger partial charge in [-0.05, 0) is 34.6 Å². The Labute approximate surface area is 96.9 Å². The number of nitrogens with two attached hydrogens (primary N) is 1. The van der Waals surface area contributed by atoms with Crippen molar-refractivity contribution < 1.29 is 14.3 Å². The average molecular weight is 230 g/mol. The minimum absolute atomic E-state index is 0.274. The van der Waals surface area contributed by atoms with Crippen LogP contribution in [0.2, 0.25) is 0 Å². The average Bonchev–Trinajstić information content (AvgIpc) is 2.23. The third-order valence-electron chi connectivity index (χ3n) is 2.04. The van der Waals surface area contributed by atoms with Gasteiger partial charge in [-0.2, -0.15) is 0 Å². The van der Waals surface area contributed by atoms with Crippen molar-refractivity contribution in [1.29, 1.82) is 0 Å². The lowest BCUT2D eigenvalue weighted by Crippen LogP contribution is -2.36. The first-order chi connectivity index (χ1) is 7.20. The van der Waals surface area contributed by atoms with Crippen LogP contribution in [0.15, 0.2) is 5.16 Å². The first-order valence-electron chi connectivity index (χ1n) is 5.48. The summed E-state index contributed by atoms with van der Waals surface area (Å²) >= 11 is 0. The van der Waals surface area contributed by atoms with Crippen molar-refractivity contribution in [2.45, 2.75) is 52.0 Å². The lowest BCUT2D eigenvalue weighted by Gasteiger charge is -2.22. The molecule has 1 unspecified atom stereocenters. The Morgan fingerprint density at radius 2 is 2.00 bits per heavy atom. The van der Waals surface area contributed by atoms with E-state index in [4.69, 9.17) is 20.0 Å². The van der Waals surface area contributed by atoms with Gasteiger partial charge < -0.3 is 20.0 Å². The zero-order valence-electron chi connectivity index (χ0n) is 10.7. The third kappa shape index (κ3) is 4.47. The van der Waals surface area contributed by atoms with Crippen LogP contribution in [0.1, 0.15) is 34.6 Å². The smallest absolute Gasteiger partial charge is 0.163 e. The molecule has 0 aromatic carbocycles. The van der Waals surface area contributed by atoms with Gasteiger partial charge in [0, 0.05) is 0 Å². The molecule has 2 N–H and O–H groups in total. The van der Waals surface area contributed by atoms with E-state index in [0.717, 1.165) is 0 Å². The van der Waals surface area contributed by atoms with Gasteiger partial charge in [-0.1, -0.05) is 5.16 Å². The molecule has 16 heavy (non-hydrogen) atoms. The Kier molecular flexibility index (Phi) is 3.93. The maximum absolute atomic E-state index is 5.91. The van der Waals surface area contributed by atoms with Crippen LogP contribution in [0.3, 0.4) is 0 Å². The van der Waals surface area contributed by atoms with Crippen molar-refractivity contribution in [3.8, 4) is 0 Å². The molecule has 1 rings (SSSR count). The topological polar surface area (TPSA) is 66.1 Å². The van der Waals surface area contributed by atoms with E-state index in [0.29, 0.717) is 18.9 Å². The van der Waals surface area contributed by atoms with Gasteiger partial charge in [-0.25, -0.2) is 0 Å². The van der Waals surface area contributed by atoms with Crippen LogP contribution in [0.4, 0.5) is 0 Å². The second-order valence-corrected chi connectivity index (χ2v) is 5.39. The molecule has 1 aliphatic heterocycles. The monoisotopic (exact) mass is 230 g/mol. The fraction of sp³-hybridized carbons (Fsp3) is 0.909. The van der Waals surface area contributed by atoms with Crippen LogP contribution < -0.4 is 5.73 Å². The van der Waals surface area contributed by atoms with E-state index in [1.54, 1.807) is 0 Å². The van der Waals surface area contributed by atoms with E-state index in [2.05, 4.69) is 5.16 Å². The molecule has 0 spiro atoms. The summed E-state index contributed by atoms with van der Waals surface area (Å²) in [7, 11) is 0. The summed E-state index contributed by atoms with van der Waals surface area (Å²) in [6, 6.07) is -0.274. The quantitative estimate of drug-likeness (QED) is 0.689. The van der Waals surface area contributed by atoms with Crippen LogP contribution >= 0.6 is 0 Å². The molecule has 0 saturated carbocycles. The van der Waals surface area contributed by atoms with Gasteiger partial charge in [0.05, 0.1) is 19.3 Å². The Morgan fingerprint density at radius 3 is 2.56 bits per heavy atom. The summed E-state index contributed by atoms with van der Waals surface area (Å²) in [5, 5.41) is 4.05. The minimum Gasteiger partial charge on any atom is -0.390 e. The predicted octanol–water partition coefficient (Wildman–Crippen LogP) is 1.27. The summed E-state index contributed by atoms with van der Waals surface area (Å²) in [6.45, 7) is 10.2. The predicted molar refractivity (Wildman–Crippen MR) is 62.2 cm³/mol. The van der Waals surface area contributed by atoms with Gasteiger partial charge in [-0.15, -0.1) is 0 Å². The second kappa shape index (κ2) is 4.69. The molecule has 1 fully saturated rings. The van der Waals surface area contributed by atoms with Gasteiger partial charge in [0.2, 0.25) is 0 Å². The summed E-state index contributed by atoms with van der Waals surface area (Å²) in [4.78, 5) is 5.34. The zero-order chi connectivity index (χ0) is 12.4. The fourth-order valence-corrected chi connectivity index (χ4v) is 1.07. The van der Waals surface area contributed by atoms with Crippen LogP contribution in [0, 0.1) is 0 Å². The van der Waals surface area contributed by atoms with Crippen molar-refractivity contribution in [1.82, 2.24) is 0 Å². The second-order valence-electron chi connectivity index (χ2n) is 5.39. The van der Waals surface area contributed by atoms with Gasteiger partial charge in [0.15, 0.2) is 5.79 Å². The molecule has 0 bridgehead atoms. The lowest BCUT2D eigenvalue weighted by molar-refractivity contribution is -0.197. The number of ether oxygens (including phenoxy) is 2. The molecule has 94 valence electrons. The molecular weight excluding hydrogens is 208 g/mol. The number of rotatable bonds is 1. The largest absolute Gasteiger partial charge is 0.390 e. The number of hydrogen-bond acceptors (Lipinski definition) is 5. The van der Waals surface area contributed by atoms with Crippen LogP contribution in [-0.4, -0.2) is 36.4 Å². The maximum atomic E-state index is 5.91. The Bertz CT molecular complexity index is 269. The highest BCUT2D eigenvalue weighted by Gasteiger charge is 2.28. The van der Waals surface area contributed by atoms with Gasteiger partial charge >= 0.3 is 0 Å². The first-order valence-corrected chi connectivity index (χ1v) is 5.48. The molecule has 0 aromatic rings. The molecule has 0 amide bonds. The Balaban J connectivity index is 2.66. The minimum atomic E-state index is -0.614. The maximum Gasteiger partial charge on any atom is 0.163 e. The fourth-order valence-electron chi connectivity index (χ4n) is 1.07. The van der Waals surface area contributed by atoms with Crippen molar-refractivity contribution in [3.05, 3.63) is 0 Å². The molecule has 0 aromatic heterocycles. The molecule has 5 heteroatoms. The van der Waals surface area contributed by atoms with Crippen molar-refractivity contribution in [3.63, 3.8) is 0 Å². The van der Waals surface area contributed by atoms with E-state index in [-0.39, 0.29) is 11.6 Å². The highest BCUT2D eigenvalue weighted by molar-refractivity contribution is 5.90. The van der Waals surface area contributed by atoms with Crippen molar-refractivity contribution in [2.24, 2.45) is 10.9 Å².